The summed E-state index contributed by atoms with van der Waals surface area (Å²) in [5.74, 6) is 0.125. The quantitative estimate of drug-likeness (QED) is 0.683. The second-order valence-electron chi connectivity index (χ2n) is 4.66. The molecule has 2 rings (SSSR count). The molecule has 0 spiro atoms. The van der Waals surface area contributed by atoms with Crippen LogP contribution in [0.2, 0.25) is 0 Å². The maximum Gasteiger partial charge on any atom is 0.307 e. The van der Waals surface area contributed by atoms with Gasteiger partial charge in [-0.15, -0.1) is 11.6 Å². The summed E-state index contributed by atoms with van der Waals surface area (Å²) < 4.78 is 10.0. The van der Waals surface area contributed by atoms with Gasteiger partial charge in [0.25, 0.3) is 5.91 Å². The molecule has 1 aromatic carbocycles. The molecule has 0 fully saturated rings. The molecule has 2 atom stereocenters. The minimum absolute atomic E-state index is 0.148. The van der Waals surface area contributed by atoms with Gasteiger partial charge in [-0.2, -0.15) is 0 Å². The van der Waals surface area contributed by atoms with Crippen molar-refractivity contribution in [3.05, 3.63) is 23.8 Å². The zero-order chi connectivity index (χ0) is 14.7. The summed E-state index contributed by atoms with van der Waals surface area (Å²) in [4.78, 5) is 22.7. The maximum atomic E-state index is 11.6. The minimum Gasteiger partial charge on any atom is -0.479 e. The Morgan fingerprint density at radius 2 is 2.30 bits per heavy atom. The van der Waals surface area contributed by atoms with E-state index in [-0.39, 0.29) is 23.7 Å². The molecule has 5 nitrogen and oxygen atoms in total. The average molecular weight is 298 g/mol. The molecule has 108 valence electrons. The number of methoxy groups -OCH3 is 1. The van der Waals surface area contributed by atoms with E-state index in [0.717, 1.165) is 5.56 Å². The molecule has 0 saturated carbocycles. The number of hydrogen-bond donors (Lipinski definition) is 1. The van der Waals surface area contributed by atoms with Gasteiger partial charge < -0.3 is 14.8 Å². The molecule has 0 aliphatic carbocycles. The summed E-state index contributed by atoms with van der Waals surface area (Å²) in [5, 5.41) is 2.43. The standard InChI is InChI=1S/C14H16ClNO4/c1-8-14(18)16-11-6-9(3-4-12(11)20-8)5-10(15)7-13(17)19-2/h3-4,6,8,10H,5,7H2,1-2H3,(H,16,18). The molecule has 1 N–H and O–H groups in total. The van der Waals surface area contributed by atoms with E-state index >= 15 is 0 Å². The van der Waals surface area contributed by atoms with Crippen molar-refractivity contribution in [3.63, 3.8) is 0 Å². The smallest absolute Gasteiger partial charge is 0.307 e. The summed E-state index contributed by atoms with van der Waals surface area (Å²) >= 11 is 6.10. The molecule has 0 aromatic heterocycles. The predicted molar refractivity (Wildman–Crippen MR) is 75.1 cm³/mol. The number of fused-ring (bicyclic) bond motifs is 1. The van der Waals surface area contributed by atoms with Crippen LogP contribution >= 0.6 is 11.6 Å². The maximum absolute atomic E-state index is 11.6. The Bertz CT molecular complexity index is 532. The highest BCUT2D eigenvalue weighted by molar-refractivity contribution is 6.21. The number of amides is 1. The summed E-state index contributed by atoms with van der Waals surface area (Å²) in [6, 6.07) is 5.48. The van der Waals surface area contributed by atoms with Gasteiger partial charge in [-0.25, -0.2) is 0 Å². The van der Waals surface area contributed by atoms with Crippen LogP contribution in [0.25, 0.3) is 0 Å². The minimum atomic E-state index is -0.492. The van der Waals surface area contributed by atoms with Gasteiger partial charge in [0.15, 0.2) is 6.10 Å². The highest BCUT2D eigenvalue weighted by Crippen LogP contribution is 2.31. The van der Waals surface area contributed by atoms with Crippen LogP contribution in [0.5, 0.6) is 5.75 Å². The highest BCUT2D eigenvalue weighted by atomic mass is 35.5. The van der Waals surface area contributed by atoms with E-state index in [2.05, 4.69) is 10.1 Å². The zero-order valence-corrected chi connectivity index (χ0v) is 12.1. The largest absolute Gasteiger partial charge is 0.479 e. The van der Waals surface area contributed by atoms with Gasteiger partial charge in [0.1, 0.15) is 5.75 Å². The molecule has 1 aromatic rings. The fraction of sp³-hybridized carbons (Fsp3) is 0.429. The number of benzene rings is 1. The van der Waals surface area contributed by atoms with Crippen LogP contribution < -0.4 is 10.1 Å². The number of esters is 1. The van der Waals surface area contributed by atoms with Crippen molar-refractivity contribution < 1.29 is 19.1 Å². The third-order valence-electron chi connectivity index (χ3n) is 3.05. The van der Waals surface area contributed by atoms with Crippen LogP contribution in [0.4, 0.5) is 5.69 Å². The molecule has 0 radical (unpaired) electrons. The van der Waals surface area contributed by atoms with Gasteiger partial charge >= 0.3 is 5.97 Å². The molecule has 0 saturated heterocycles. The number of hydrogen-bond acceptors (Lipinski definition) is 4. The first-order valence-electron chi connectivity index (χ1n) is 6.31. The van der Waals surface area contributed by atoms with E-state index in [1.54, 1.807) is 13.0 Å². The van der Waals surface area contributed by atoms with Crippen molar-refractivity contribution in [3.8, 4) is 5.75 Å². The van der Waals surface area contributed by atoms with Gasteiger partial charge in [0.2, 0.25) is 0 Å². The van der Waals surface area contributed by atoms with Crippen LogP contribution in [0, 0.1) is 0 Å². The van der Waals surface area contributed by atoms with E-state index in [4.69, 9.17) is 16.3 Å². The highest BCUT2D eigenvalue weighted by Gasteiger charge is 2.23. The zero-order valence-electron chi connectivity index (χ0n) is 11.3. The van der Waals surface area contributed by atoms with Crippen molar-refractivity contribution in [2.45, 2.75) is 31.2 Å². The third-order valence-corrected chi connectivity index (χ3v) is 3.36. The average Bonchev–Trinajstić information content (AvgIpc) is 2.40. The Balaban J connectivity index is 2.06. The number of anilines is 1. The van der Waals surface area contributed by atoms with E-state index in [9.17, 15) is 9.59 Å². The monoisotopic (exact) mass is 297 g/mol. The van der Waals surface area contributed by atoms with Gasteiger partial charge in [0.05, 0.1) is 19.2 Å². The lowest BCUT2D eigenvalue weighted by atomic mass is 10.1. The first-order valence-corrected chi connectivity index (χ1v) is 6.74. The second kappa shape index (κ2) is 6.13. The second-order valence-corrected chi connectivity index (χ2v) is 5.28. The summed E-state index contributed by atoms with van der Waals surface area (Å²) in [6.45, 7) is 1.69. The van der Waals surface area contributed by atoms with Crippen molar-refractivity contribution >= 4 is 29.2 Å². The molecule has 0 bridgehead atoms. The van der Waals surface area contributed by atoms with Crippen LogP contribution in [-0.2, 0) is 20.7 Å². The fourth-order valence-electron chi connectivity index (χ4n) is 1.97. The Hall–Kier alpha value is -1.75. The summed E-state index contributed by atoms with van der Waals surface area (Å²) in [5.41, 5.74) is 1.55. The predicted octanol–water partition coefficient (Wildman–Crippen LogP) is 2.12. The summed E-state index contributed by atoms with van der Waals surface area (Å²) in [6.07, 6.45) is 0.165. The molecule has 20 heavy (non-hydrogen) atoms. The van der Waals surface area contributed by atoms with Gasteiger partial charge in [-0.05, 0) is 31.0 Å². The van der Waals surface area contributed by atoms with Crippen LogP contribution in [0.3, 0.4) is 0 Å². The van der Waals surface area contributed by atoms with Gasteiger partial charge in [-0.3, -0.25) is 9.59 Å². The number of alkyl halides is 1. The number of carbonyl (C=O) groups is 2. The Morgan fingerprint density at radius 3 is 3.00 bits per heavy atom. The lowest BCUT2D eigenvalue weighted by Gasteiger charge is -2.23. The lowest BCUT2D eigenvalue weighted by molar-refractivity contribution is -0.140. The molecule has 6 heteroatoms. The van der Waals surface area contributed by atoms with Crippen LogP contribution in [0.15, 0.2) is 18.2 Å². The van der Waals surface area contributed by atoms with Gasteiger partial charge in [-0.1, -0.05) is 6.07 Å². The van der Waals surface area contributed by atoms with E-state index in [0.29, 0.717) is 17.9 Å². The van der Waals surface area contributed by atoms with E-state index in [1.807, 2.05) is 12.1 Å². The molecule has 1 aliphatic rings. The molecule has 2 unspecified atom stereocenters. The Morgan fingerprint density at radius 1 is 1.55 bits per heavy atom. The van der Waals surface area contributed by atoms with Crippen LogP contribution in [-0.4, -0.2) is 30.5 Å². The molecular weight excluding hydrogens is 282 g/mol. The van der Waals surface area contributed by atoms with Crippen molar-refractivity contribution in [1.29, 1.82) is 0 Å². The molecule has 1 amide bonds. The number of carbonyl (C=O) groups excluding carboxylic acids is 2. The number of halogens is 1. The number of nitrogens with one attached hydrogen (secondary N) is 1. The third kappa shape index (κ3) is 3.42. The molecule has 1 aliphatic heterocycles. The van der Waals surface area contributed by atoms with Crippen molar-refractivity contribution in [1.82, 2.24) is 0 Å². The van der Waals surface area contributed by atoms with E-state index < -0.39 is 6.10 Å². The van der Waals surface area contributed by atoms with Gasteiger partial charge in [0, 0.05) is 5.38 Å². The SMILES string of the molecule is COC(=O)CC(Cl)Cc1ccc2c(c1)NC(=O)C(C)O2. The topological polar surface area (TPSA) is 64.6 Å². The summed E-state index contributed by atoms with van der Waals surface area (Å²) in [7, 11) is 1.33. The van der Waals surface area contributed by atoms with E-state index in [1.165, 1.54) is 7.11 Å². The fourth-order valence-corrected chi connectivity index (χ4v) is 2.28. The number of ether oxygens (including phenoxy) is 2. The first kappa shape index (κ1) is 14.7. The Kier molecular flexibility index (Phi) is 4.49. The van der Waals surface area contributed by atoms with Crippen LogP contribution in [0.1, 0.15) is 18.9 Å². The lowest BCUT2D eigenvalue weighted by Crippen LogP contribution is -2.34. The van der Waals surface area contributed by atoms with Crippen molar-refractivity contribution in [2.24, 2.45) is 0 Å². The number of rotatable bonds is 4. The molecular formula is C14H16ClNO4. The first-order chi connectivity index (χ1) is 9.49. The van der Waals surface area contributed by atoms with Crippen molar-refractivity contribution in [2.75, 3.05) is 12.4 Å². The Labute approximate surface area is 122 Å². The normalized spacial score (nSPS) is 18.6. The molecule has 1 heterocycles.